The number of nitrogens with zero attached hydrogens (tertiary/aromatic N) is 3. The molecule has 4 nitrogen and oxygen atoms in total. The van der Waals surface area contributed by atoms with Gasteiger partial charge in [-0.15, -0.1) is 11.3 Å². The van der Waals surface area contributed by atoms with Gasteiger partial charge in [-0.1, -0.05) is 86.1 Å². The maximum Gasteiger partial charge on any atom is 0.160 e. The van der Waals surface area contributed by atoms with E-state index in [0.29, 0.717) is 0 Å². The number of fused-ring (bicyclic) bond motifs is 12. The summed E-state index contributed by atoms with van der Waals surface area (Å²) in [4.78, 5) is 10.4. The van der Waals surface area contributed by atoms with Crippen molar-refractivity contribution in [1.29, 1.82) is 0 Å². The Hall–Kier alpha value is -6.04. The van der Waals surface area contributed by atoms with Crippen molar-refractivity contribution >= 4 is 75.0 Å². The van der Waals surface area contributed by atoms with Crippen LogP contribution >= 0.6 is 11.3 Å². The Morgan fingerprint density at radius 2 is 1.36 bits per heavy atom. The Balaban J connectivity index is 1.16. The standard InChI is InChI=1S/C45H29N3OS/c1-2-11-26-24-34-41-37(25-26)49-36-18-9-6-15-32(36)42(41)47-45(46-34)27-20-22-28(23-21-27)48-35-17-8-5-14-31(35)39-29-12-3-4-13-30(29)40-33-16-7-10-19-38(33)50-44(40)43(39)48/h3-10,12-25H,2,11H2,1H3. The van der Waals surface area contributed by atoms with Gasteiger partial charge in [0.1, 0.15) is 11.5 Å². The minimum absolute atomic E-state index is 0.718. The average molecular weight is 660 g/mol. The molecule has 5 heteroatoms. The van der Waals surface area contributed by atoms with Gasteiger partial charge in [0, 0.05) is 43.1 Å². The van der Waals surface area contributed by atoms with Crippen molar-refractivity contribution in [2.75, 3.05) is 0 Å². The summed E-state index contributed by atoms with van der Waals surface area (Å²) in [5.41, 5.74) is 8.63. The maximum atomic E-state index is 6.40. The van der Waals surface area contributed by atoms with Crippen LogP contribution in [0, 0.1) is 0 Å². The number of thiophene rings is 1. The molecule has 0 N–H and O–H groups in total. The first-order chi connectivity index (χ1) is 24.7. The van der Waals surface area contributed by atoms with E-state index in [4.69, 9.17) is 14.7 Å². The molecule has 236 valence electrons. The number of hydrogen-bond donors (Lipinski definition) is 0. The third-order valence-electron chi connectivity index (χ3n) is 10.3. The van der Waals surface area contributed by atoms with Crippen LogP contribution in [-0.2, 0) is 6.42 Å². The molecule has 0 saturated carbocycles. The second-order valence-electron chi connectivity index (χ2n) is 13.2. The second-order valence-corrected chi connectivity index (χ2v) is 14.3. The summed E-state index contributed by atoms with van der Waals surface area (Å²) in [5, 5.41) is 8.78. The second kappa shape index (κ2) is 10.5. The molecule has 7 aromatic carbocycles. The van der Waals surface area contributed by atoms with Crippen LogP contribution in [0.4, 0.5) is 0 Å². The molecule has 0 radical (unpaired) electrons. The minimum Gasteiger partial charge on any atom is -0.456 e. The van der Waals surface area contributed by atoms with Crippen LogP contribution in [0.15, 0.2) is 133 Å². The lowest BCUT2D eigenvalue weighted by atomic mass is 9.98. The predicted molar refractivity (Wildman–Crippen MR) is 209 cm³/mol. The lowest BCUT2D eigenvalue weighted by Crippen LogP contribution is -2.03. The van der Waals surface area contributed by atoms with Crippen LogP contribution in [0.25, 0.3) is 92.0 Å². The lowest BCUT2D eigenvalue weighted by molar-refractivity contribution is 0.485. The van der Waals surface area contributed by atoms with Crippen LogP contribution in [-0.4, -0.2) is 14.5 Å². The van der Waals surface area contributed by atoms with Crippen molar-refractivity contribution in [2.24, 2.45) is 0 Å². The molecule has 0 atom stereocenters. The van der Waals surface area contributed by atoms with Crippen molar-refractivity contribution in [2.45, 2.75) is 19.8 Å². The van der Waals surface area contributed by atoms with Gasteiger partial charge in [0.05, 0.1) is 32.3 Å². The molecule has 4 heterocycles. The van der Waals surface area contributed by atoms with E-state index >= 15 is 0 Å². The van der Waals surface area contributed by atoms with Crippen LogP contribution in [0.5, 0.6) is 11.5 Å². The van der Waals surface area contributed by atoms with Crippen molar-refractivity contribution in [1.82, 2.24) is 14.5 Å². The maximum absolute atomic E-state index is 6.40. The topological polar surface area (TPSA) is 39.9 Å². The lowest BCUT2D eigenvalue weighted by Gasteiger charge is -2.21. The molecule has 11 rings (SSSR count). The molecule has 0 fully saturated rings. The summed E-state index contributed by atoms with van der Waals surface area (Å²) >= 11 is 1.89. The van der Waals surface area contributed by atoms with E-state index in [2.05, 4.69) is 127 Å². The Morgan fingerprint density at radius 1 is 0.640 bits per heavy atom. The Morgan fingerprint density at radius 3 is 2.20 bits per heavy atom. The quantitative estimate of drug-likeness (QED) is 0.189. The molecular formula is C45H29N3OS. The summed E-state index contributed by atoms with van der Waals surface area (Å²) in [7, 11) is 0. The van der Waals surface area contributed by atoms with E-state index in [1.165, 1.54) is 58.3 Å². The zero-order valence-electron chi connectivity index (χ0n) is 27.3. The van der Waals surface area contributed by atoms with Gasteiger partial charge in [-0.3, -0.25) is 0 Å². The molecule has 0 unspecified atom stereocenters. The van der Waals surface area contributed by atoms with Crippen molar-refractivity contribution < 1.29 is 4.74 Å². The number of ether oxygens (including phenoxy) is 1. The Labute approximate surface area is 291 Å². The summed E-state index contributed by atoms with van der Waals surface area (Å²) in [6.45, 7) is 2.20. The molecule has 0 spiro atoms. The molecule has 10 aromatic rings. The summed E-state index contributed by atoms with van der Waals surface area (Å²) < 4.78 is 11.5. The van der Waals surface area contributed by atoms with E-state index in [-0.39, 0.29) is 0 Å². The van der Waals surface area contributed by atoms with Gasteiger partial charge in [-0.25, -0.2) is 9.97 Å². The SMILES string of the molecule is CCCc1cc2c3c(nc(-c4ccc(-n5c6ccccc6c6c7ccccc7c7c8ccccc8sc7c65)cc4)nc3c1)-c1ccccc1O2. The zero-order valence-corrected chi connectivity index (χ0v) is 28.1. The highest BCUT2D eigenvalue weighted by Crippen LogP contribution is 2.49. The predicted octanol–water partition coefficient (Wildman–Crippen LogP) is 12.6. The van der Waals surface area contributed by atoms with Crippen LogP contribution in [0.3, 0.4) is 0 Å². The summed E-state index contributed by atoms with van der Waals surface area (Å²) in [6, 6.07) is 47.9. The fourth-order valence-electron chi connectivity index (χ4n) is 8.14. The summed E-state index contributed by atoms with van der Waals surface area (Å²) in [6.07, 6.45) is 2.03. The van der Waals surface area contributed by atoms with Gasteiger partial charge in [-0.05, 0) is 83.4 Å². The van der Waals surface area contributed by atoms with Crippen molar-refractivity contribution in [3.8, 4) is 39.8 Å². The van der Waals surface area contributed by atoms with E-state index in [1.54, 1.807) is 0 Å². The van der Waals surface area contributed by atoms with E-state index < -0.39 is 0 Å². The highest BCUT2D eigenvalue weighted by atomic mass is 32.1. The number of hydrogen-bond acceptors (Lipinski definition) is 4. The molecular weight excluding hydrogens is 631 g/mol. The zero-order chi connectivity index (χ0) is 32.9. The highest BCUT2D eigenvalue weighted by Gasteiger charge is 2.25. The van der Waals surface area contributed by atoms with Gasteiger partial charge in [-0.2, -0.15) is 0 Å². The fourth-order valence-corrected chi connectivity index (χ4v) is 9.40. The Kier molecular flexibility index (Phi) is 5.84. The molecule has 3 aromatic heterocycles. The highest BCUT2D eigenvalue weighted by molar-refractivity contribution is 7.27. The van der Waals surface area contributed by atoms with Crippen LogP contribution in [0.2, 0.25) is 0 Å². The minimum atomic E-state index is 0.718. The van der Waals surface area contributed by atoms with Gasteiger partial charge in [0.25, 0.3) is 0 Å². The first kappa shape index (κ1) is 27.9. The van der Waals surface area contributed by atoms with Crippen LogP contribution < -0.4 is 4.74 Å². The smallest absolute Gasteiger partial charge is 0.160 e. The van der Waals surface area contributed by atoms with Gasteiger partial charge < -0.3 is 9.30 Å². The fraction of sp³-hybridized carbons (Fsp3) is 0.0667. The first-order valence-corrected chi connectivity index (χ1v) is 18.0. The monoisotopic (exact) mass is 659 g/mol. The molecule has 0 saturated heterocycles. The largest absolute Gasteiger partial charge is 0.456 e. The molecule has 0 aliphatic carbocycles. The van der Waals surface area contributed by atoms with E-state index in [0.717, 1.165) is 63.6 Å². The summed E-state index contributed by atoms with van der Waals surface area (Å²) in [5.74, 6) is 2.39. The van der Waals surface area contributed by atoms with Gasteiger partial charge >= 0.3 is 0 Å². The van der Waals surface area contributed by atoms with Gasteiger partial charge in [0.2, 0.25) is 0 Å². The normalized spacial score (nSPS) is 12.4. The molecule has 1 aliphatic rings. The molecule has 1 aliphatic heterocycles. The molecule has 50 heavy (non-hydrogen) atoms. The van der Waals surface area contributed by atoms with E-state index in [1.807, 2.05) is 29.5 Å². The first-order valence-electron chi connectivity index (χ1n) is 17.2. The van der Waals surface area contributed by atoms with Crippen molar-refractivity contribution in [3.05, 3.63) is 139 Å². The molecule has 0 amide bonds. The van der Waals surface area contributed by atoms with E-state index in [9.17, 15) is 0 Å². The van der Waals surface area contributed by atoms with Crippen LogP contribution in [0.1, 0.15) is 18.9 Å². The molecule has 0 bridgehead atoms. The number of benzene rings is 7. The number of aryl methyl sites for hydroxylation is 1. The number of aromatic nitrogens is 3. The third kappa shape index (κ3) is 3.86. The third-order valence-corrected chi connectivity index (χ3v) is 11.4. The number of para-hydroxylation sites is 2. The average Bonchev–Trinajstić information content (AvgIpc) is 3.72. The Bertz CT molecular complexity index is 3030. The van der Waals surface area contributed by atoms with Crippen molar-refractivity contribution in [3.63, 3.8) is 0 Å². The van der Waals surface area contributed by atoms with Gasteiger partial charge in [0.15, 0.2) is 5.82 Å². The number of rotatable bonds is 4.